The van der Waals surface area contributed by atoms with E-state index < -0.39 is 0 Å². The summed E-state index contributed by atoms with van der Waals surface area (Å²) < 4.78 is 2.49. The van der Waals surface area contributed by atoms with Crippen molar-refractivity contribution >= 4 is 34.4 Å². The van der Waals surface area contributed by atoms with Crippen molar-refractivity contribution in [1.82, 2.24) is 0 Å². The molecule has 2 atom stereocenters. The maximum Gasteiger partial charge on any atom is 0.270 e. The summed E-state index contributed by atoms with van der Waals surface area (Å²) in [5.41, 5.74) is 9.95. The zero-order valence-corrected chi connectivity index (χ0v) is 19.7. The van der Waals surface area contributed by atoms with Gasteiger partial charge in [0.25, 0.3) is 5.01 Å². The van der Waals surface area contributed by atoms with Crippen molar-refractivity contribution in [3.63, 3.8) is 0 Å². The Labute approximate surface area is 192 Å². The largest absolute Gasteiger partial charge is 0.331 e. The number of thioether (sulfide) groups is 1. The molecule has 1 aromatic heterocycles. The number of allylic oxidation sites excluding steroid dienone is 2. The molecule has 6 rings (SSSR count). The van der Waals surface area contributed by atoms with Crippen LogP contribution in [0.1, 0.15) is 41.6 Å². The lowest BCUT2D eigenvalue weighted by Gasteiger charge is -2.31. The highest BCUT2D eigenvalue weighted by Crippen LogP contribution is 2.46. The average molecular weight is 444 g/mol. The molecule has 156 valence electrons. The molecule has 0 amide bonds. The number of aryl methyl sites for hydroxylation is 3. The van der Waals surface area contributed by atoms with Gasteiger partial charge >= 0.3 is 0 Å². The molecule has 0 saturated heterocycles. The SMILES string of the molecule is CC1=CSC2C(/C=C3\CCc4ccccc4-[n+]4c(C)csc43)CCc3ccccc3N12. The van der Waals surface area contributed by atoms with E-state index >= 15 is 0 Å². The first-order chi connectivity index (χ1) is 15.2. The molecule has 31 heavy (non-hydrogen) atoms. The smallest absolute Gasteiger partial charge is 0.270 e. The molecule has 0 bridgehead atoms. The third-order valence-corrected chi connectivity index (χ3v) is 9.30. The molecule has 0 fully saturated rings. The van der Waals surface area contributed by atoms with Crippen LogP contribution in [0.3, 0.4) is 0 Å². The molecule has 4 heteroatoms. The third-order valence-electron chi connectivity index (χ3n) is 6.86. The molecular formula is C27H27N2S2+. The Kier molecular flexibility index (Phi) is 4.81. The summed E-state index contributed by atoms with van der Waals surface area (Å²) in [4.78, 5) is 2.59. The quantitative estimate of drug-likeness (QED) is 0.388. The summed E-state index contributed by atoms with van der Waals surface area (Å²) in [6.45, 7) is 4.50. The molecular weight excluding hydrogens is 416 g/mol. The Bertz CT molecular complexity index is 1220. The summed E-state index contributed by atoms with van der Waals surface area (Å²) in [7, 11) is 0. The number of anilines is 1. The fourth-order valence-corrected chi connectivity index (χ4v) is 7.67. The molecule has 2 nitrogen and oxygen atoms in total. The Balaban J connectivity index is 1.43. The zero-order valence-electron chi connectivity index (χ0n) is 18.0. The van der Waals surface area contributed by atoms with Crippen molar-refractivity contribution in [2.75, 3.05) is 4.90 Å². The van der Waals surface area contributed by atoms with E-state index in [4.69, 9.17) is 0 Å². The number of hydrogen-bond donors (Lipinski definition) is 0. The molecule has 2 aromatic carbocycles. The summed E-state index contributed by atoms with van der Waals surface area (Å²) in [5.74, 6) is 0.526. The average Bonchev–Trinajstić information content (AvgIpc) is 3.26. The van der Waals surface area contributed by atoms with Crippen LogP contribution in [0.5, 0.6) is 0 Å². The first-order valence-corrected chi connectivity index (χ1v) is 13.0. The van der Waals surface area contributed by atoms with E-state index in [1.54, 1.807) is 0 Å². The number of aromatic nitrogens is 1. The number of fused-ring (bicyclic) bond motifs is 6. The molecule has 3 aliphatic rings. The van der Waals surface area contributed by atoms with Crippen LogP contribution in [0.25, 0.3) is 11.3 Å². The Morgan fingerprint density at radius 3 is 2.68 bits per heavy atom. The monoisotopic (exact) mass is 443 g/mol. The van der Waals surface area contributed by atoms with Crippen LogP contribution in [-0.4, -0.2) is 5.37 Å². The second-order valence-corrected chi connectivity index (χ2v) is 10.7. The van der Waals surface area contributed by atoms with Gasteiger partial charge in [0.2, 0.25) is 5.69 Å². The zero-order chi connectivity index (χ0) is 20.9. The van der Waals surface area contributed by atoms with E-state index in [0.29, 0.717) is 11.3 Å². The van der Waals surface area contributed by atoms with Crippen LogP contribution in [0.2, 0.25) is 0 Å². The van der Waals surface area contributed by atoms with Crippen LogP contribution < -0.4 is 9.47 Å². The predicted octanol–water partition coefficient (Wildman–Crippen LogP) is 6.67. The number of hydrogen-bond acceptors (Lipinski definition) is 3. The van der Waals surface area contributed by atoms with E-state index in [2.05, 4.69) is 88.7 Å². The lowest BCUT2D eigenvalue weighted by molar-refractivity contribution is -0.599. The van der Waals surface area contributed by atoms with Crippen LogP contribution in [0.4, 0.5) is 5.69 Å². The standard InChI is InChI=1S/C27H27N2S2/c1-18-16-30-26-22(13-11-20-7-3-5-9-24(20)28(18)26)15-23-14-12-21-8-4-6-10-25(21)29-19(2)17-31-27(23)29/h3-10,15-17,22,26H,11-14H2,1-2H3/q+1/b23-15+. The number of nitrogens with zero attached hydrogens (tertiary/aromatic N) is 2. The molecule has 0 spiro atoms. The second kappa shape index (κ2) is 7.68. The van der Waals surface area contributed by atoms with Crippen LogP contribution in [-0.2, 0) is 12.8 Å². The Hall–Kier alpha value is -2.30. The lowest BCUT2D eigenvalue weighted by Crippen LogP contribution is -2.36. The predicted molar refractivity (Wildman–Crippen MR) is 133 cm³/mol. The highest BCUT2D eigenvalue weighted by molar-refractivity contribution is 8.03. The van der Waals surface area contributed by atoms with Gasteiger partial charge in [-0.15, -0.1) is 16.3 Å². The summed E-state index contributed by atoms with van der Waals surface area (Å²) in [6, 6.07) is 17.9. The number of benzene rings is 2. The van der Waals surface area contributed by atoms with E-state index in [0.717, 1.165) is 19.3 Å². The van der Waals surface area contributed by atoms with Crippen molar-refractivity contribution in [3.05, 3.63) is 92.9 Å². The molecule has 0 saturated carbocycles. The van der Waals surface area contributed by atoms with E-state index in [9.17, 15) is 0 Å². The van der Waals surface area contributed by atoms with Crippen LogP contribution >= 0.6 is 23.1 Å². The highest BCUT2D eigenvalue weighted by Gasteiger charge is 2.37. The van der Waals surface area contributed by atoms with Gasteiger partial charge in [-0.25, -0.2) is 0 Å². The van der Waals surface area contributed by atoms with Crippen molar-refractivity contribution in [2.24, 2.45) is 5.92 Å². The van der Waals surface area contributed by atoms with Gasteiger partial charge in [-0.05, 0) is 49.6 Å². The van der Waals surface area contributed by atoms with Gasteiger partial charge in [0, 0.05) is 41.4 Å². The minimum Gasteiger partial charge on any atom is -0.331 e. The van der Waals surface area contributed by atoms with Crippen molar-refractivity contribution in [2.45, 2.75) is 44.9 Å². The molecule has 4 heterocycles. The van der Waals surface area contributed by atoms with Crippen molar-refractivity contribution in [1.29, 1.82) is 0 Å². The maximum absolute atomic E-state index is 2.64. The topological polar surface area (TPSA) is 7.12 Å². The van der Waals surface area contributed by atoms with E-state index in [1.165, 1.54) is 50.9 Å². The molecule has 0 N–H and O–H groups in total. The van der Waals surface area contributed by atoms with E-state index in [-0.39, 0.29) is 0 Å². The summed E-state index contributed by atoms with van der Waals surface area (Å²) >= 11 is 3.91. The van der Waals surface area contributed by atoms with E-state index in [1.807, 2.05) is 23.1 Å². The fourth-order valence-electron chi connectivity index (χ4n) is 5.35. The summed E-state index contributed by atoms with van der Waals surface area (Å²) in [6.07, 6.45) is 7.21. The van der Waals surface area contributed by atoms with Crippen molar-refractivity contribution < 1.29 is 4.57 Å². The maximum atomic E-state index is 2.64. The van der Waals surface area contributed by atoms with Crippen LogP contribution in [0.15, 0.2) is 71.1 Å². The van der Waals surface area contributed by atoms with Gasteiger partial charge in [0.05, 0.1) is 10.8 Å². The van der Waals surface area contributed by atoms with Gasteiger partial charge < -0.3 is 4.90 Å². The van der Waals surface area contributed by atoms with Gasteiger partial charge in [0.15, 0.2) is 5.69 Å². The highest BCUT2D eigenvalue weighted by atomic mass is 32.2. The van der Waals surface area contributed by atoms with Gasteiger partial charge in [-0.3, -0.25) is 0 Å². The van der Waals surface area contributed by atoms with Gasteiger partial charge in [-0.1, -0.05) is 53.8 Å². The normalized spacial score (nSPS) is 23.4. The first-order valence-electron chi connectivity index (χ1n) is 11.2. The Morgan fingerprint density at radius 2 is 1.77 bits per heavy atom. The summed E-state index contributed by atoms with van der Waals surface area (Å²) in [5, 5.41) is 6.55. The molecule has 0 radical (unpaired) electrons. The number of rotatable bonds is 1. The first kappa shape index (κ1) is 19.4. The lowest BCUT2D eigenvalue weighted by atomic mass is 9.96. The molecule has 3 aliphatic heterocycles. The third kappa shape index (κ3) is 3.19. The molecule has 0 aliphatic carbocycles. The van der Waals surface area contributed by atoms with Gasteiger partial charge in [-0.2, -0.15) is 0 Å². The van der Waals surface area contributed by atoms with Crippen molar-refractivity contribution in [3.8, 4) is 5.69 Å². The minimum absolute atomic E-state index is 0.455. The van der Waals surface area contributed by atoms with Gasteiger partial charge in [0.1, 0.15) is 0 Å². The fraction of sp³-hybridized carbons (Fsp3) is 0.296. The second-order valence-electron chi connectivity index (χ2n) is 8.83. The number of thiazole rings is 1. The Morgan fingerprint density at radius 1 is 0.968 bits per heavy atom. The van der Waals surface area contributed by atoms with Crippen LogP contribution in [0, 0.1) is 12.8 Å². The molecule has 3 aromatic rings. The minimum atomic E-state index is 0.455. The number of para-hydroxylation sites is 2. The molecule has 2 unspecified atom stereocenters.